The van der Waals surface area contributed by atoms with Crippen molar-refractivity contribution in [3.8, 4) is 5.75 Å². The largest absolute Gasteiger partial charge is 0.482 e. The summed E-state index contributed by atoms with van der Waals surface area (Å²) < 4.78 is 6.17. The van der Waals surface area contributed by atoms with Crippen molar-refractivity contribution in [2.45, 2.75) is 24.9 Å². The van der Waals surface area contributed by atoms with Crippen LogP contribution in [-0.2, 0) is 6.42 Å². The molecule has 2 heteroatoms. The number of benzene rings is 2. The average molecular weight is 289 g/mol. The van der Waals surface area contributed by atoms with Crippen LogP contribution in [0.25, 0.3) is 0 Å². The van der Waals surface area contributed by atoms with Crippen molar-refractivity contribution in [2.24, 2.45) is 0 Å². The first kappa shape index (κ1) is 13.2. The van der Waals surface area contributed by atoms with Crippen LogP contribution in [0.15, 0.2) is 72.3 Å². The zero-order valence-electron chi connectivity index (χ0n) is 12.6. The maximum atomic E-state index is 6.20. The monoisotopic (exact) mass is 289 g/mol. The van der Waals surface area contributed by atoms with Gasteiger partial charge in [0, 0.05) is 11.3 Å². The zero-order chi connectivity index (χ0) is 15.2. The van der Waals surface area contributed by atoms with E-state index in [1.165, 1.54) is 11.1 Å². The average Bonchev–Trinajstić information content (AvgIpc) is 2.82. The summed E-state index contributed by atoms with van der Waals surface area (Å²) in [5, 5.41) is 0. The third-order valence-corrected chi connectivity index (χ3v) is 4.62. The summed E-state index contributed by atoms with van der Waals surface area (Å²) in [5.74, 6) is 1.10. The van der Waals surface area contributed by atoms with E-state index in [-0.39, 0.29) is 11.5 Å². The van der Waals surface area contributed by atoms with E-state index in [9.17, 15) is 0 Å². The molecule has 0 bridgehead atoms. The molecule has 0 amide bonds. The van der Waals surface area contributed by atoms with Gasteiger partial charge in [0.2, 0.25) is 0 Å². The van der Waals surface area contributed by atoms with Crippen LogP contribution in [0.5, 0.6) is 5.75 Å². The minimum absolute atomic E-state index is 0.187. The fourth-order valence-corrected chi connectivity index (χ4v) is 3.45. The lowest BCUT2D eigenvalue weighted by molar-refractivity contribution is 0.155. The summed E-state index contributed by atoms with van der Waals surface area (Å²) in [7, 11) is 0. The standard InChI is InChI=1S/C20H19NO/c1-20-11-10-15(12-14-6-3-2-4-7-14)13-16(20)19-17(21)8-5-9-18(19)22-20/h2-11,13,16H,12,21H2,1H3. The fourth-order valence-electron chi connectivity index (χ4n) is 3.45. The molecule has 2 unspecified atom stereocenters. The van der Waals surface area contributed by atoms with E-state index < -0.39 is 0 Å². The second kappa shape index (κ2) is 4.77. The number of ether oxygens (including phenoxy) is 1. The summed E-state index contributed by atoms with van der Waals surface area (Å²) in [6, 6.07) is 16.5. The van der Waals surface area contributed by atoms with Gasteiger partial charge < -0.3 is 10.5 Å². The molecule has 2 nitrogen and oxygen atoms in total. The molecule has 0 fully saturated rings. The lowest BCUT2D eigenvalue weighted by Crippen LogP contribution is -2.33. The minimum Gasteiger partial charge on any atom is -0.482 e. The Morgan fingerprint density at radius 1 is 1.09 bits per heavy atom. The summed E-state index contributed by atoms with van der Waals surface area (Å²) in [5.41, 5.74) is 10.5. The van der Waals surface area contributed by atoms with Crippen molar-refractivity contribution >= 4 is 5.69 Å². The van der Waals surface area contributed by atoms with Gasteiger partial charge in [0.05, 0.1) is 5.92 Å². The quantitative estimate of drug-likeness (QED) is 0.839. The second-order valence-corrected chi connectivity index (χ2v) is 6.26. The Hall–Kier alpha value is -2.48. The first-order valence-corrected chi connectivity index (χ1v) is 7.67. The Morgan fingerprint density at radius 2 is 1.91 bits per heavy atom. The summed E-state index contributed by atoms with van der Waals surface area (Å²) in [6.07, 6.45) is 7.61. The maximum absolute atomic E-state index is 6.20. The number of nitrogen functional groups attached to an aromatic ring is 1. The molecule has 2 aromatic carbocycles. The van der Waals surface area contributed by atoms with E-state index in [1.807, 2.05) is 24.3 Å². The first-order chi connectivity index (χ1) is 10.7. The van der Waals surface area contributed by atoms with Gasteiger partial charge in [0.25, 0.3) is 0 Å². The number of hydrogen-bond donors (Lipinski definition) is 1. The summed E-state index contributed by atoms with van der Waals surface area (Å²) in [4.78, 5) is 0. The molecule has 2 aliphatic rings. The molecule has 2 N–H and O–H groups in total. The van der Waals surface area contributed by atoms with Gasteiger partial charge in [-0.15, -0.1) is 0 Å². The molecule has 2 atom stereocenters. The lowest BCUT2D eigenvalue weighted by atomic mass is 9.79. The predicted molar refractivity (Wildman–Crippen MR) is 90.0 cm³/mol. The molecule has 1 aliphatic heterocycles. The molecule has 1 aliphatic carbocycles. The van der Waals surface area contributed by atoms with Gasteiger partial charge in [0.15, 0.2) is 0 Å². The lowest BCUT2D eigenvalue weighted by Gasteiger charge is -2.29. The topological polar surface area (TPSA) is 35.2 Å². The molecule has 0 saturated carbocycles. The maximum Gasteiger partial charge on any atom is 0.135 e. The summed E-state index contributed by atoms with van der Waals surface area (Å²) in [6.45, 7) is 2.13. The van der Waals surface area contributed by atoms with Crippen molar-refractivity contribution in [3.05, 3.63) is 83.5 Å². The van der Waals surface area contributed by atoms with E-state index >= 15 is 0 Å². The highest BCUT2D eigenvalue weighted by Gasteiger charge is 2.44. The van der Waals surface area contributed by atoms with Gasteiger partial charge in [-0.2, -0.15) is 0 Å². The van der Waals surface area contributed by atoms with Crippen LogP contribution in [0.3, 0.4) is 0 Å². The van der Waals surface area contributed by atoms with Crippen molar-refractivity contribution in [1.29, 1.82) is 0 Å². The van der Waals surface area contributed by atoms with Crippen molar-refractivity contribution in [3.63, 3.8) is 0 Å². The Balaban J connectivity index is 1.72. The first-order valence-electron chi connectivity index (χ1n) is 7.67. The molecule has 4 rings (SSSR count). The Bertz CT molecular complexity index is 776. The molecule has 0 aromatic heterocycles. The van der Waals surface area contributed by atoms with Crippen LogP contribution >= 0.6 is 0 Å². The fraction of sp³-hybridized carbons (Fsp3) is 0.200. The van der Waals surface area contributed by atoms with Gasteiger partial charge in [-0.25, -0.2) is 0 Å². The van der Waals surface area contributed by atoms with E-state index in [4.69, 9.17) is 10.5 Å². The van der Waals surface area contributed by atoms with E-state index in [0.29, 0.717) is 0 Å². The van der Waals surface area contributed by atoms with Crippen LogP contribution in [0, 0.1) is 0 Å². The Kier molecular flexibility index (Phi) is 2.86. The van der Waals surface area contributed by atoms with Crippen LogP contribution in [0.4, 0.5) is 5.69 Å². The second-order valence-electron chi connectivity index (χ2n) is 6.26. The highest BCUT2D eigenvalue weighted by Crippen LogP contribution is 2.50. The van der Waals surface area contributed by atoms with Crippen LogP contribution in [0.2, 0.25) is 0 Å². The third-order valence-electron chi connectivity index (χ3n) is 4.62. The van der Waals surface area contributed by atoms with Gasteiger partial charge in [0.1, 0.15) is 11.4 Å². The van der Waals surface area contributed by atoms with Gasteiger partial charge >= 0.3 is 0 Å². The van der Waals surface area contributed by atoms with Crippen LogP contribution in [0.1, 0.15) is 24.0 Å². The number of anilines is 1. The van der Waals surface area contributed by atoms with Crippen molar-refractivity contribution < 1.29 is 4.74 Å². The van der Waals surface area contributed by atoms with Gasteiger partial charge in [-0.1, -0.05) is 48.6 Å². The molecule has 0 radical (unpaired) electrons. The summed E-state index contributed by atoms with van der Waals surface area (Å²) >= 11 is 0. The molecule has 2 aromatic rings. The Labute approximate surface area is 130 Å². The number of hydrogen-bond acceptors (Lipinski definition) is 2. The highest BCUT2D eigenvalue weighted by molar-refractivity contribution is 5.63. The molecule has 1 heterocycles. The number of allylic oxidation sites excluding steroid dienone is 2. The molecular weight excluding hydrogens is 270 g/mol. The zero-order valence-corrected chi connectivity index (χ0v) is 12.6. The van der Waals surface area contributed by atoms with E-state index in [2.05, 4.69) is 49.4 Å². The number of fused-ring (bicyclic) bond motifs is 3. The van der Waals surface area contributed by atoms with Crippen LogP contribution in [-0.4, -0.2) is 5.60 Å². The number of nitrogens with two attached hydrogens (primary N) is 1. The van der Waals surface area contributed by atoms with Gasteiger partial charge in [-0.3, -0.25) is 0 Å². The van der Waals surface area contributed by atoms with Crippen molar-refractivity contribution in [2.75, 3.05) is 5.73 Å². The normalized spacial score (nSPS) is 25.1. The van der Waals surface area contributed by atoms with Crippen molar-refractivity contribution in [1.82, 2.24) is 0 Å². The smallest absolute Gasteiger partial charge is 0.135 e. The molecule has 0 spiro atoms. The highest BCUT2D eigenvalue weighted by atomic mass is 16.5. The third kappa shape index (κ3) is 2.03. The van der Waals surface area contributed by atoms with E-state index in [0.717, 1.165) is 23.4 Å². The molecule has 22 heavy (non-hydrogen) atoms. The Morgan fingerprint density at radius 3 is 2.73 bits per heavy atom. The SMILES string of the molecule is CC12C=CC(Cc3ccccc3)=CC1c1c(N)cccc1O2. The molecule has 110 valence electrons. The molecule has 0 saturated heterocycles. The molecular formula is C20H19NO. The number of rotatable bonds is 2. The van der Waals surface area contributed by atoms with Gasteiger partial charge in [-0.05, 0) is 42.7 Å². The predicted octanol–water partition coefficient (Wildman–Crippen LogP) is 4.24. The van der Waals surface area contributed by atoms with Crippen LogP contribution < -0.4 is 10.5 Å². The van der Waals surface area contributed by atoms with E-state index in [1.54, 1.807) is 0 Å². The minimum atomic E-state index is -0.321.